The lowest BCUT2D eigenvalue weighted by molar-refractivity contribution is -0.137. The van der Waals surface area contributed by atoms with Crippen LogP contribution in [0.25, 0.3) is 10.8 Å². The van der Waals surface area contributed by atoms with Crippen molar-refractivity contribution in [2.75, 3.05) is 19.7 Å². The summed E-state index contributed by atoms with van der Waals surface area (Å²) in [5.41, 5.74) is 2.16. The molecule has 6 nitrogen and oxygen atoms in total. The van der Waals surface area contributed by atoms with Crippen LogP contribution in [0.1, 0.15) is 12.8 Å². The third-order valence-electron chi connectivity index (χ3n) is 4.47. The molecule has 1 aliphatic rings. The summed E-state index contributed by atoms with van der Waals surface area (Å²) in [5.74, 6) is 5.20. The number of benzene rings is 2. The second-order valence-electron chi connectivity index (χ2n) is 6.07. The van der Waals surface area contributed by atoms with E-state index in [-0.39, 0.29) is 24.3 Å². The second-order valence-corrected chi connectivity index (χ2v) is 6.87. The molecule has 7 heteroatoms. The molecule has 1 aliphatic heterocycles. The van der Waals surface area contributed by atoms with E-state index in [0.717, 1.165) is 28.1 Å². The van der Waals surface area contributed by atoms with Crippen LogP contribution in [0, 0.1) is 5.92 Å². The van der Waals surface area contributed by atoms with Crippen molar-refractivity contribution < 1.29 is 14.3 Å². The summed E-state index contributed by atoms with van der Waals surface area (Å²) in [6.07, 6.45) is 1.52. The van der Waals surface area contributed by atoms with E-state index in [9.17, 15) is 9.59 Å². The molecule has 1 saturated heterocycles. The highest BCUT2D eigenvalue weighted by Crippen LogP contribution is 2.33. The van der Waals surface area contributed by atoms with E-state index in [4.69, 9.17) is 10.6 Å². The number of likely N-dealkylation sites (tertiary alicyclic amines) is 1. The van der Waals surface area contributed by atoms with Gasteiger partial charge in [0.1, 0.15) is 5.75 Å². The van der Waals surface area contributed by atoms with Gasteiger partial charge in [-0.1, -0.05) is 30.3 Å². The molecule has 2 aromatic rings. The van der Waals surface area contributed by atoms with Gasteiger partial charge in [-0.3, -0.25) is 15.0 Å². The maximum Gasteiger partial charge on any atom is 0.260 e. The molecule has 3 rings (SSSR count). The van der Waals surface area contributed by atoms with Crippen molar-refractivity contribution in [1.29, 1.82) is 0 Å². The Morgan fingerprint density at radius 2 is 2.08 bits per heavy atom. The Morgan fingerprint density at radius 3 is 2.88 bits per heavy atom. The Balaban J connectivity index is 1.64. The molecular formula is C18H20BrN3O3. The molecule has 1 atom stereocenters. The van der Waals surface area contributed by atoms with Crippen LogP contribution >= 0.6 is 15.9 Å². The van der Waals surface area contributed by atoms with E-state index >= 15 is 0 Å². The van der Waals surface area contributed by atoms with Crippen LogP contribution < -0.4 is 16.0 Å². The average Bonchev–Trinajstić information content (AvgIpc) is 2.67. The normalized spacial score (nSPS) is 17.4. The number of rotatable bonds is 4. The van der Waals surface area contributed by atoms with Crippen molar-refractivity contribution in [3.63, 3.8) is 0 Å². The zero-order chi connectivity index (χ0) is 17.8. The lowest BCUT2D eigenvalue weighted by Gasteiger charge is -2.31. The number of hydrogen-bond donors (Lipinski definition) is 2. The van der Waals surface area contributed by atoms with Crippen LogP contribution in [-0.2, 0) is 9.59 Å². The first kappa shape index (κ1) is 17.7. The Kier molecular flexibility index (Phi) is 5.55. The van der Waals surface area contributed by atoms with Crippen molar-refractivity contribution >= 4 is 38.5 Å². The molecule has 2 aromatic carbocycles. The monoisotopic (exact) mass is 405 g/mol. The molecule has 3 N–H and O–H groups in total. The maximum atomic E-state index is 12.4. The molecule has 1 heterocycles. The number of nitrogens with one attached hydrogen (secondary N) is 1. The third kappa shape index (κ3) is 3.93. The SMILES string of the molecule is NNC(=O)C1CCCN(C(=O)COc2ccc3ccccc3c2Br)C1. The molecule has 0 aliphatic carbocycles. The van der Waals surface area contributed by atoms with E-state index in [1.165, 1.54) is 0 Å². The number of amides is 2. The molecule has 0 bridgehead atoms. The van der Waals surface area contributed by atoms with Gasteiger partial charge in [-0.2, -0.15) is 0 Å². The smallest absolute Gasteiger partial charge is 0.260 e. The van der Waals surface area contributed by atoms with E-state index in [0.29, 0.717) is 18.8 Å². The zero-order valence-corrected chi connectivity index (χ0v) is 15.3. The van der Waals surface area contributed by atoms with E-state index in [1.54, 1.807) is 4.90 Å². The van der Waals surface area contributed by atoms with Crippen LogP contribution in [0.15, 0.2) is 40.9 Å². The van der Waals surface area contributed by atoms with E-state index in [1.807, 2.05) is 36.4 Å². The van der Waals surface area contributed by atoms with E-state index < -0.39 is 0 Å². The third-order valence-corrected chi connectivity index (χ3v) is 5.28. The minimum atomic E-state index is -0.255. The summed E-state index contributed by atoms with van der Waals surface area (Å²) < 4.78 is 6.55. The van der Waals surface area contributed by atoms with Crippen LogP contribution in [0.5, 0.6) is 5.75 Å². The van der Waals surface area contributed by atoms with Gasteiger partial charge < -0.3 is 9.64 Å². The summed E-state index contributed by atoms with van der Waals surface area (Å²) >= 11 is 3.55. The van der Waals surface area contributed by atoms with Gasteiger partial charge in [0.25, 0.3) is 5.91 Å². The van der Waals surface area contributed by atoms with Gasteiger partial charge >= 0.3 is 0 Å². The molecule has 0 spiro atoms. The number of nitrogens with two attached hydrogens (primary N) is 1. The van der Waals surface area contributed by atoms with Crippen LogP contribution in [0.4, 0.5) is 0 Å². The second kappa shape index (κ2) is 7.84. The van der Waals surface area contributed by atoms with Gasteiger partial charge in [-0.25, -0.2) is 5.84 Å². The number of nitrogens with zero attached hydrogens (tertiary/aromatic N) is 1. The molecule has 1 fully saturated rings. The Morgan fingerprint density at radius 1 is 1.28 bits per heavy atom. The van der Waals surface area contributed by atoms with Gasteiger partial charge in [-0.05, 0) is 45.6 Å². The Hall–Kier alpha value is -2.12. The summed E-state index contributed by atoms with van der Waals surface area (Å²) in [6, 6.07) is 11.8. The van der Waals surface area contributed by atoms with Crippen molar-refractivity contribution in [3.8, 4) is 5.75 Å². The molecule has 25 heavy (non-hydrogen) atoms. The molecule has 1 unspecified atom stereocenters. The predicted octanol–water partition coefficient (Wildman–Crippen LogP) is 2.21. The maximum absolute atomic E-state index is 12.4. The standard InChI is InChI=1S/C18H20BrN3O3/c19-17-14-6-2-1-4-12(14)7-8-15(17)25-11-16(23)22-9-3-5-13(10-22)18(24)21-20/h1-2,4,6-8,13H,3,5,9-11,20H2,(H,21,24). The lowest BCUT2D eigenvalue weighted by Crippen LogP contribution is -2.48. The zero-order valence-electron chi connectivity index (χ0n) is 13.7. The highest BCUT2D eigenvalue weighted by molar-refractivity contribution is 9.10. The molecule has 132 valence electrons. The van der Waals surface area contributed by atoms with Crippen molar-refractivity contribution in [2.45, 2.75) is 12.8 Å². The van der Waals surface area contributed by atoms with Crippen LogP contribution in [-0.4, -0.2) is 36.4 Å². The molecular weight excluding hydrogens is 386 g/mol. The van der Waals surface area contributed by atoms with Gasteiger partial charge in [0.05, 0.1) is 10.4 Å². The summed E-state index contributed by atoms with van der Waals surface area (Å²) in [7, 11) is 0. The Bertz CT molecular complexity index is 796. The number of ether oxygens (including phenoxy) is 1. The number of carbonyl (C=O) groups excluding carboxylic acids is 2. The largest absolute Gasteiger partial charge is 0.483 e. The number of fused-ring (bicyclic) bond motifs is 1. The Labute approximate surface area is 154 Å². The van der Waals surface area contributed by atoms with Gasteiger partial charge in [0.2, 0.25) is 5.91 Å². The van der Waals surface area contributed by atoms with Gasteiger partial charge in [0.15, 0.2) is 6.61 Å². The van der Waals surface area contributed by atoms with Gasteiger partial charge in [-0.15, -0.1) is 0 Å². The fourth-order valence-electron chi connectivity index (χ4n) is 3.09. The number of hydrogen-bond acceptors (Lipinski definition) is 4. The van der Waals surface area contributed by atoms with Crippen molar-refractivity contribution in [2.24, 2.45) is 11.8 Å². The van der Waals surface area contributed by atoms with Crippen molar-refractivity contribution in [1.82, 2.24) is 10.3 Å². The molecule has 0 radical (unpaired) electrons. The fraction of sp³-hybridized carbons (Fsp3) is 0.333. The number of halogens is 1. The minimum Gasteiger partial charge on any atom is -0.483 e. The first-order chi connectivity index (χ1) is 12.1. The first-order valence-corrected chi connectivity index (χ1v) is 8.97. The van der Waals surface area contributed by atoms with E-state index in [2.05, 4.69) is 21.4 Å². The predicted molar refractivity (Wildman–Crippen MR) is 98.8 cm³/mol. The highest BCUT2D eigenvalue weighted by Gasteiger charge is 2.28. The summed E-state index contributed by atoms with van der Waals surface area (Å²) in [6.45, 7) is 0.952. The highest BCUT2D eigenvalue weighted by atomic mass is 79.9. The number of carbonyl (C=O) groups is 2. The fourth-order valence-corrected chi connectivity index (χ4v) is 3.70. The molecule has 0 aromatic heterocycles. The minimum absolute atomic E-state index is 0.0616. The summed E-state index contributed by atoms with van der Waals surface area (Å²) in [4.78, 5) is 25.8. The van der Waals surface area contributed by atoms with Crippen molar-refractivity contribution in [3.05, 3.63) is 40.9 Å². The first-order valence-electron chi connectivity index (χ1n) is 8.18. The van der Waals surface area contributed by atoms with Crippen LogP contribution in [0.2, 0.25) is 0 Å². The topological polar surface area (TPSA) is 84.7 Å². The lowest BCUT2D eigenvalue weighted by atomic mass is 9.97. The number of piperidine rings is 1. The van der Waals surface area contributed by atoms with Crippen LogP contribution in [0.3, 0.4) is 0 Å². The molecule has 0 saturated carbocycles. The quantitative estimate of drug-likeness (QED) is 0.463. The number of hydrazine groups is 1. The molecule has 2 amide bonds. The summed E-state index contributed by atoms with van der Waals surface area (Å²) in [5, 5.41) is 2.13. The van der Waals surface area contributed by atoms with Gasteiger partial charge in [0, 0.05) is 13.1 Å². The average molecular weight is 406 g/mol.